The van der Waals surface area contributed by atoms with Gasteiger partial charge in [-0.05, 0) is 60.0 Å². The van der Waals surface area contributed by atoms with Crippen molar-refractivity contribution in [2.75, 3.05) is 13.2 Å². The van der Waals surface area contributed by atoms with Crippen molar-refractivity contribution < 1.29 is 14.6 Å². The van der Waals surface area contributed by atoms with Crippen LogP contribution in [-0.4, -0.2) is 23.9 Å². The fourth-order valence-electron chi connectivity index (χ4n) is 2.25. The zero-order chi connectivity index (χ0) is 18.3. The lowest BCUT2D eigenvalue weighted by molar-refractivity contribution is 0.187. The number of benzene rings is 2. The molecule has 2 N–H and O–H groups in total. The summed E-state index contributed by atoms with van der Waals surface area (Å²) in [6, 6.07) is 14.0. The number of nitrogens with one attached hydrogen (secondary N) is 1. The van der Waals surface area contributed by atoms with Crippen LogP contribution in [0.4, 0.5) is 0 Å². The Morgan fingerprint density at radius 1 is 1.08 bits per heavy atom. The predicted octanol–water partition coefficient (Wildman–Crippen LogP) is 4.29. The molecule has 5 heteroatoms. The molecule has 0 spiro atoms. The Morgan fingerprint density at radius 2 is 1.80 bits per heavy atom. The molecule has 0 saturated carbocycles. The van der Waals surface area contributed by atoms with E-state index in [1.165, 1.54) is 0 Å². The van der Waals surface area contributed by atoms with Gasteiger partial charge in [0.05, 0.1) is 17.7 Å². The molecule has 0 aliphatic carbocycles. The van der Waals surface area contributed by atoms with Crippen LogP contribution < -0.4 is 14.8 Å². The van der Waals surface area contributed by atoms with E-state index in [0.29, 0.717) is 31.3 Å². The van der Waals surface area contributed by atoms with Crippen LogP contribution in [-0.2, 0) is 13.2 Å². The van der Waals surface area contributed by atoms with Gasteiger partial charge in [0.25, 0.3) is 0 Å². The summed E-state index contributed by atoms with van der Waals surface area (Å²) in [6.45, 7) is 7.62. The highest BCUT2D eigenvalue weighted by atomic mass is 79.9. The van der Waals surface area contributed by atoms with Crippen molar-refractivity contribution in [2.24, 2.45) is 0 Å². The number of rotatable bonds is 9. The molecule has 0 aromatic heterocycles. The highest BCUT2D eigenvalue weighted by molar-refractivity contribution is 9.10. The van der Waals surface area contributed by atoms with E-state index >= 15 is 0 Å². The second kappa shape index (κ2) is 9.22. The van der Waals surface area contributed by atoms with E-state index in [-0.39, 0.29) is 12.1 Å². The van der Waals surface area contributed by atoms with Crippen LogP contribution in [0.25, 0.3) is 0 Å². The second-order valence-corrected chi connectivity index (χ2v) is 7.36. The monoisotopic (exact) mass is 407 g/mol. The molecule has 2 rings (SSSR count). The van der Waals surface area contributed by atoms with E-state index in [9.17, 15) is 5.11 Å². The molecular formula is C20H26BrNO3. The smallest absolute Gasteiger partial charge is 0.175 e. The standard InChI is InChI=1S/C20H26BrNO3/c1-4-24-18-11-16(12-22-20(2,3)14-23)10-17(21)19(18)25-13-15-8-6-5-7-9-15/h5-11,22-23H,4,12-14H2,1-3H3. The minimum Gasteiger partial charge on any atom is -0.490 e. The van der Waals surface area contributed by atoms with Gasteiger partial charge in [0.2, 0.25) is 0 Å². The normalized spacial score (nSPS) is 11.4. The van der Waals surface area contributed by atoms with Crippen LogP contribution in [0.15, 0.2) is 46.9 Å². The van der Waals surface area contributed by atoms with Gasteiger partial charge in [-0.15, -0.1) is 0 Å². The molecule has 0 aliphatic rings. The molecule has 0 bridgehead atoms. The van der Waals surface area contributed by atoms with Crippen LogP contribution in [0.5, 0.6) is 11.5 Å². The first-order valence-electron chi connectivity index (χ1n) is 8.43. The van der Waals surface area contributed by atoms with Gasteiger partial charge in [0, 0.05) is 12.1 Å². The van der Waals surface area contributed by atoms with Crippen molar-refractivity contribution in [1.29, 1.82) is 0 Å². The van der Waals surface area contributed by atoms with Crippen molar-refractivity contribution in [3.05, 3.63) is 58.1 Å². The third-order valence-electron chi connectivity index (χ3n) is 3.76. The fourth-order valence-corrected chi connectivity index (χ4v) is 2.86. The van der Waals surface area contributed by atoms with E-state index in [1.54, 1.807) is 0 Å². The molecule has 136 valence electrons. The maximum absolute atomic E-state index is 9.37. The summed E-state index contributed by atoms with van der Waals surface area (Å²) < 4.78 is 12.6. The van der Waals surface area contributed by atoms with Crippen LogP contribution in [0.2, 0.25) is 0 Å². The summed E-state index contributed by atoms with van der Waals surface area (Å²) in [5, 5.41) is 12.7. The van der Waals surface area contributed by atoms with Crippen molar-refractivity contribution in [1.82, 2.24) is 5.32 Å². The molecule has 2 aromatic rings. The summed E-state index contributed by atoms with van der Waals surface area (Å²) in [5.41, 5.74) is 1.83. The number of hydrogen-bond donors (Lipinski definition) is 2. The topological polar surface area (TPSA) is 50.7 Å². The summed E-state index contributed by atoms with van der Waals surface area (Å²) >= 11 is 3.60. The van der Waals surface area contributed by atoms with Crippen molar-refractivity contribution in [3.8, 4) is 11.5 Å². The zero-order valence-corrected chi connectivity index (χ0v) is 16.6. The summed E-state index contributed by atoms with van der Waals surface area (Å²) in [4.78, 5) is 0. The Bertz CT molecular complexity index is 674. The van der Waals surface area contributed by atoms with Crippen molar-refractivity contribution in [2.45, 2.75) is 39.5 Å². The molecule has 0 radical (unpaired) electrons. The van der Waals surface area contributed by atoms with E-state index in [2.05, 4.69) is 21.2 Å². The first-order chi connectivity index (χ1) is 11.9. The SMILES string of the molecule is CCOc1cc(CNC(C)(C)CO)cc(Br)c1OCc1ccccc1. The lowest BCUT2D eigenvalue weighted by Gasteiger charge is -2.24. The van der Waals surface area contributed by atoms with Gasteiger partial charge >= 0.3 is 0 Å². The first kappa shape index (κ1) is 19.8. The fraction of sp³-hybridized carbons (Fsp3) is 0.400. The highest BCUT2D eigenvalue weighted by Gasteiger charge is 2.17. The molecule has 0 atom stereocenters. The molecule has 0 amide bonds. The van der Waals surface area contributed by atoms with E-state index in [4.69, 9.17) is 9.47 Å². The van der Waals surface area contributed by atoms with Crippen LogP contribution in [0.1, 0.15) is 31.9 Å². The average molecular weight is 408 g/mol. The van der Waals surface area contributed by atoms with E-state index in [1.807, 2.05) is 63.2 Å². The van der Waals surface area contributed by atoms with Gasteiger partial charge in [-0.3, -0.25) is 0 Å². The van der Waals surface area contributed by atoms with Gasteiger partial charge < -0.3 is 19.9 Å². The number of ether oxygens (including phenoxy) is 2. The average Bonchev–Trinajstić information content (AvgIpc) is 2.60. The predicted molar refractivity (Wildman–Crippen MR) is 104 cm³/mol. The minimum absolute atomic E-state index is 0.0742. The van der Waals surface area contributed by atoms with Crippen LogP contribution in [0, 0.1) is 0 Å². The van der Waals surface area contributed by atoms with Gasteiger partial charge in [-0.1, -0.05) is 30.3 Å². The quantitative estimate of drug-likeness (QED) is 0.650. The third kappa shape index (κ3) is 6.03. The van der Waals surface area contributed by atoms with Crippen LogP contribution in [0.3, 0.4) is 0 Å². The molecule has 4 nitrogen and oxygen atoms in total. The molecule has 25 heavy (non-hydrogen) atoms. The molecule has 0 heterocycles. The van der Waals surface area contributed by atoms with Crippen molar-refractivity contribution in [3.63, 3.8) is 0 Å². The second-order valence-electron chi connectivity index (χ2n) is 6.51. The number of aliphatic hydroxyl groups excluding tert-OH is 1. The number of hydrogen-bond acceptors (Lipinski definition) is 4. The van der Waals surface area contributed by atoms with Gasteiger partial charge in [-0.25, -0.2) is 0 Å². The molecule has 2 aromatic carbocycles. The highest BCUT2D eigenvalue weighted by Crippen LogP contribution is 2.37. The molecular weight excluding hydrogens is 382 g/mol. The summed E-state index contributed by atoms with van der Waals surface area (Å²) in [7, 11) is 0. The Kier molecular flexibility index (Phi) is 7.29. The Balaban J connectivity index is 2.16. The maximum Gasteiger partial charge on any atom is 0.175 e. The Morgan fingerprint density at radius 3 is 2.44 bits per heavy atom. The third-order valence-corrected chi connectivity index (χ3v) is 4.35. The molecule has 0 unspecified atom stereocenters. The first-order valence-corrected chi connectivity index (χ1v) is 9.22. The van der Waals surface area contributed by atoms with Gasteiger partial charge in [0.15, 0.2) is 11.5 Å². The zero-order valence-electron chi connectivity index (χ0n) is 15.0. The Hall–Kier alpha value is -1.56. The molecule has 0 aliphatic heterocycles. The lowest BCUT2D eigenvalue weighted by Crippen LogP contribution is -2.42. The maximum atomic E-state index is 9.37. The summed E-state index contributed by atoms with van der Waals surface area (Å²) in [5.74, 6) is 1.42. The minimum atomic E-state index is -0.333. The molecule has 0 saturated heterocycles. The Labute approximate surface area is 158 Å². The summed E-state index contributed by atoms with van der Waals surface area (Å²) in [6.07, 6.45) is 0. The van der Waals surface area contributed by atoms with Gasteiger partial charge in [-0.2, -0.15) is 0 Å². The van der Waals surface area contributed by atoms with Crippen LogP contribution >= 0.6 is 15.9 Å². The lowest BCUT2D eigenvalue weighted by atomic mass is 10.1. The number of halogens is 1. The molecule has 0 fully saturated rings. The van der Waals surface area contributed by atoms with Gasteiger partial charge in [0.1, 0.15) is 6.61 Å². The number of aliphatic hydroxyl groups is 1. The largest absolute Gasteiger partial charge is 0.490 e. The van der Waals surface area contributed by atoms with Crippen molar-refractivity contribution >= 4 is 15.9 Å². The van der Waals surface area contributed by atoms with E-state index < -0.39 is 0 Å². The van der Waals surface area contributed by atoms with E-state index in [0.717, 1.165) is 15.6 Å².